The van der Waals surface area contributed by atoms with Crippen LogP contribution < -0.4 is 0 Å². The highest BCUT2D eigenvalue weighted by Crippen LogP contribution is 2.42. The van der Waals surface area contributed by atoms with E-state index in [4.69, 9.17) is 0 Å². The molecule has 2 aliphatic rings. The van der Waals surface area contributed by atoms with Gasteiger partial charge in [0.1, 0.15) is 6.04 Å². The first kappa shape index (κ1) is 14.6. The maximum absolute atomic E-state index is 12.9. The highest BCUT2D eigenvalue weighted by molar-refractivity contribution is 7.89. The summed E-state index contributed by atoms with van der Waals surface area (Å²) in [6.07, 6.45) is 4.82. The molecule has 1 aliphatic carbocycles. The summed E-state index contributed by atoms with van der Waals surface area (Å²) < 4.78 is 27.4. The average molecular weight is 304 g/mol. The van der Waals surface area contributed by atoms with E-state index in [1.807, 2.05) is 19.1 Å². The number of sulfonamides is 1. The number of aryl methyl sites for hydroxylation is 1. The second-order valence-corrected chi connectivity index (χ2v) is 7.98. The smallest absolute Gasteiger partial charge is 0.207 e. The number of benzene rings is 1. The molecule has 3 rings (SSSR count). The van der Waals surface area contributed by atoms with E-state index in [9.17, 15) is 13.7 Å². The van der Waals surface area contributed by atoms with Gasteiger partial charge in [0.25, 0.3) is 0 Å². The molecule has 112 valence electrons. The second-order valence-electron chi connectivity index (χ2n) is 6.14. The number of hydrogen-bond donors (Lipinski definition) is 0. The lowest BCUT2D eigenvalue weighted by Crippen LogP contribution is -2.42. The van der Waals surface area contributed by atoms with E-state index in [0.717, 1.165) is 31.2 Å². The standard InChI is InChI=1S/C16H20N2O2S/c1-12-6-8-15(9-7-12)21(19,20)18-14(11-17)10-13-4-2-3-5-16(13)18/h6-9,13-14,16H,2-5,10H2,1H3/t13-,14+,16+/m1/s1. The van der Waals surface area contributed by atoms with Crippen molar-refractivity contribution in [3.63, 3.8) is 0 Å². The molecule has 4 nitrogen and oxygen atoms in total. The Morgan fingerprint density at radius 2 is 1.86 bits per heavy atom. The lowest BCUT2D eigenvalue weighted by atomic mass is 9.85. The van der Waals surface area contributed by atoms with Crippen molar-refractivity contribution in [2.24, 2.45) is 5.92 Å². The van der Waals surface area contributed by atoms with Crippen molar-refractivity contribution < 1.29 is 8.42 Å². The van der Waals surface area contributed by atoms with Crippen molar-refractivity contribution in [1.29, 1.82) is 5.26 Å². The van der Waals surface area contributed by atoms with Crippen LogP contribution in [0.15, 0.2) is 29.2 Å². The van der Waals surface area contributed by atoms with Gasteiger partial charge in [-0.05, 0) is 44.2 Å². The predicted octanol–water partition coefficient (Wildman–Crippen LogP) is 2.84. The average Bonchev–Trinajstić information content (AvgIpc) is 2.87. The number of hydrogen-bond acceptors (Lipinski definition) is 3. The first-order valence-corrected chi connectivity index (χ1v) is 8.98. The number of rotatable bonds is 2. The fourth-order valence-electron chi connectivity index (χ4n) is 3.71. The third-order valence-electron chi connectivity index (χ3n) is 4.77. The van der Waals surface area contributed by atoms with Crippen molar-refractivity contribution >= 4 is 10.0 Å². The van der Waals surface area contributed by atoms with Gasteiger partial charge >= 0.3 is 0 Å². The Kier molecular flexibility index (Phi) is 3.76. The van der Waals surface area contributed by atoms with Gasteiger partial charge in [-0.3, -0.25) is 0 Å². The molecule has 1 aromatic rings. The van der Waals surface area contributed by atoms with E-state index < -0.39 is 16.1 Å². The molecule has 0 unspecified atom stereocenters. The van der Waals surface area contributed by atoms with Gasteiger partial charge < -0.3 is 0 Å². The first-order chi connectivity index (χ1) is 10.0. The topological polar surface area (TPSA) is 61.2 Å². The van der Waals surface area contributed by atoms with Crippen LogP contribution in [-0.2, 0) is 10.0 Å². The Morgan fingerprint density at radius 1 is 1.19 bits per heavy atom. The molecule has 0 spiro atoms. The molecule has 0 radical (unpaired) electrons. The Hall–Kier alpha value is -1.38. The van der Waals surface area contributed by atoms with Crippen LogP contribution in [-0.4, -0.2) is 24.8 Å². The molecule has 1 heterocycles. The number of nitriles is 1. The molecule has 0 amide bonds. The normalized spacial score (nSPS) is 29.8. The zero-order chi connectivity index (χ0) is 15.0. The fourth-order valence-corrected chi connectivity index (χ4v) is 5.53. The quantitative estimate of drug-likeness (QED) is 0.844. The first-order valence-electron chi connectivity index (χ1n) is 7.54. The molecular formula is C16H20N2O2S. The Morgan fingerprint density at radius 3 is 2.52 bits per heavy atom. The molecule has 1 aromatic carbocycles. The lowest BCUT2D eigenvalue weighted by molar-refractivity contribution is 0.253. The lowest BCUT2D eigenvalue weighted by Gasteiger charge is -2.31. The number of nitrogens with zero attached hydrogens (tertiary/aromatic N) is 2. The highest BCUT2D eigenvalue weighted by atomic mass is 32.2. The molecule has 1 aliphatic heterocycles. The van der Waals surface area contributed by atoms with Crippen LogP contribution in [0.3, 0.4) is 0 Å². The van der Waals surface area contributed by atoms with Crippen molar-refractivity contribution in [3.05, 3.63) is 29.8 Å². The largest absolute Gasteiger partial charge is 0.244 e. The SMILES string of the molecule is Cc1ccc(S(=O)(=O)N2[C@H](C#N)C[C@H]3CCCC[C@@H]32)cc1. The van der Waals surface area contributed by atoms with Gasteiger partial charge in [-0.25, -0.2) is 8.42 Å². The van der Waals surface area contributed by atoms with E-state index >= 15 is 0 Å². The van der Waals surface area contributed by atoms with Crippen LogP contribution in [0.25, 0.3) is 0 Å². The molecule has 3 atom stereocenters. The predicted molar refractivity (Wildman–Crippen MR) is 80.0 cm³/mol. The molecule has 21 heavy (non-hydrogen) atoms. The molecule has 2 fully saturated rings. The fraction of sp³-hybridized carbons (Fsp3) is 0.562. The Labute approximate surface area is 126 Å². The summed E-state index contributed by atoms with van der Waals surface area (Å²) in [5.41, 5.74) is 1.03. The second kappa shape index (κ2) is 5.43. The summed E-state index contributed by atoms with van der Waals surface area (Å²) >= 11 is 0. The molecule has 1 saturated heterocycles. The third-order valence-corrected chi connectivity index (χ3v) is 6.72. The minimum atomic E-state index is -3.58. The molecule has 1 saturated carbocycles. The molecule has 5 heteroatoms. The van der Waals surface area contributed by atoms with Gasteiger partial charge in [-0.1, -0.05) is 30.5 Å². The van der Waals surface area contributed by atoms with E-state index in [2.05, 4.69) is 6.07 Å². The van der Waals surface area contributed by atoms with Crippen LogP contribution in [0.1, 0.15) is 37.7 Å². The summed E-state index contributed by atoms with van der Waals surface area (Å²) in [6, 6.07) is 8.62. The van der Waals surface area contributed by atoms with Gasteiger partial charge in [0.15, 0.2) is 0 Å². The van der Waals surface area contributed by atoms with E-state index in [1.165, 1.54) is 4.31 Å². The maximum Gasteiger partial charge on any atom is 0.244 e. The van der Waals surface area contributed by atoms with E-state index in [-0.39, 0.29) is 6.04 Å². The molecule has 0 aromatic heterocycles. The van der Waals surface area contributed by atoms with Gasteiger partial charge in [0, 0.05) is 6.04 Å². The van der Waals surface area contributed by atoms with Crippen molar-refractivity contribution in [2.45, 2.75) is 56.0 Å². The van der Waals surface area contributed by atoms with Crippen LogP contribution in [0.5, 0.6) is 0 Å². The molecular weight excluding hydrogens is 284 g/mol. The zero-order valence-corrected chi connectivity index (χ0v) is 13.0. The number of fused-ring (bicyclic) bond motifs is 1. The summed E-state index contributed by atoms with van der Waals surface area (Å²) in [6.45, 7) is 1.93. The Bertz CT molecular complexity index is 661. The molecule has 0 N–H and O–H groups in total. The van der Waals surface area contributed by atoms with Gasteiger partial charge in [0.05, 0.1) is 11.0 Å². The van der Waals surface area contributed by atoms with Crippen LogP contribution in [0.2, 0.25) is 0 Å². The minimum absolute atomic E-state index is 0.00898. The highest BCUT2D eigenvalue weighted by Gasteiger charge is 2.48. The van der Waals surface area contributed by atoms with Crippen molar-refractivity contribution in [3.8, 4) is 6.07 Å². The summed E-state index contributed by atoms with van der Waals surface area (Å²) in [5.74, 6) is 0.351. The molecule has 0 bridgehead atoms. The summed E-state index contributed by atoms with van der Waals surface area (Å²) in [5, 5.41) is 9.38. The Balaban J connectivity index is 1.99. The van der Waals surface area contributed by atoms with Gasteiger partial charge in [-0.2, -0.15) is 9.57 Å². The van der Waals surface area contributed by atoms with Gasteiger partial charge in [-0.15, -0.1) is 0 Å². The third kappa shape index (κ3) is 2.47. The zero-order valence-electron chi connectivity index (χ0n) is 12.2. The van der Waals surface area contributed by atoms with E-state index in [1.54, 1.807) is 12.1 Å². The monoisotopic (exact) mass is 304 g/mol. The van der Waals surface area contributed by atoms with Crippen molar-refractivity contribution in [2.75, 3.05) is 0 Å². The van der Waals surface area contributed by atoms with Crippen LogP contribution in [0.4, 0.5) is 0 Å². The summed E-state index contributed by atoms with van der Waals surface area (Å²) in [7, 11) is -3.58. The minimum Gasteiger partial charge on any atom is -0.207 e. The van der Waals surface area contributed by atoms with Crippen LogP contribution in [0, 0.1) is 24.2 Å². The maximum atomic E-state index is 12.9. The van der Waals surface area contributed by atoms with E-state index in [0.29, 0.717) is 17.2 Å². The summed E-state index contributed by atoms with van der Waals surface area (Å²) in [4.78, 5) is 0.305. The van der Waals surface area contributed by atoms with Crippen LogP contribution >= 0.6 is 0 Å². The van der Waals surface area contributed by atoms with Crippen molar-refractivity contribution in [1.82, 2.24) is 4.31 Å². The van der Waals surface area contributed by atoms with Gasteiger partial charge in [0.2, 0.25) is 10.0 Å².